The van der Waals surface area contributed by atoms with Crippen LogP contribution in [-0.2, 0) is 0 Å². The second-order valence-electron chi connectivity index (χ2n) is 7.57. The maximum absolute atomic E-state index is 12.8. The van der Waals surface area contributed by atoms with Crippen molar-refractivity contribution in [2.75, 3.05) is 26.7 Å². The van der Waals surface area contributed by atoms with Crippen LogP contribution in [0.1, 0.15) is 42.6 Å². The van der Waals surface area contributed by atoms with Gasteiger partial charge in [-0.2, -0.15) is 5.10 Å². The van der Waals surface area contributed by atoms with Crippen molar-refractivity contribution in [2.24, 2.45) is 5.92 Å². The van der Waals surface area contributed by atoms with Crippen LogP contribution in [0, 0.1) is 5.92 Å². The van der Waals surface area contributed by atoms with Crippen molar-refractivity contribution >= 4 is 5.91 Å². The number of fused-ring (bicyclic) bond motifs is 1. The van der Waals surface area contributed by atoms with Gasteiger partial charge in [-0.1, -0.05) is 12.5 Å². The van der Waals surface area contributed by atoms with Gasteiger partial charge in [-0.25, -0.2) is 0 Å². The number of rotatable bonds is 4. The lowest BCUT2D eigenvalue weighted by molar-refractivity contribution is 0.0401. The predicted octanol–water partition coefficient (Wildman–Crippen LogP) is 2.81. The second kappa shape index (κ2) is 7.58. The number of carbonyl (C=O) groups excluding carboxylic acids is 1. The topological polar surface area (TPSA) is 65.1 Å². The molecule has 2 aromatic rings. The Morgan fingerprint density at radius 3 is 2.96 bits per heavy atom. The molecule has 6 nitrogen and oxygen atoms in total. The van der Waals surface area contributed by atoms with Crippen LogP contribution in [-0.4, -0.2) is 63.6 Å². The van der Waals surface area contributed by atoms with Gasteiger partial charge in [-0.05, 0) is 62.9 Å². The van der Waals surface area contributed by atoms with E-state index in [0.717, 1.165) is 12.2 Å². The van der Waals surface area contributed by atoms with Crippen LogP contribution in [0.2, 0.25) is 0 Å². The highest BCUT2D eigenvalue weighted by atomic mass is 16.2. The molecule has 0 spiro atoms. The van der Waals surface area contributed by atoms with Crippen LogP contribution in [0.3, 0.4) is 0 Å². The number of nitrogens with one attached hydrogen (secondary N) is 1. The zero-order valence-electron chi connectivity index (χ0n) is 15.4. The van der Waals surface area contributed by atoms with Crippen LogP contribution in [0.5, 0.6) is 0 Å². The van der Waals surface area contributed by atoms with Gasteiger partial charge in [0.25, 0.3) is 5.91 Å². The first-order chi connectivity index (χ1) is 12.7. The number of aromatic amines is 1. The molecular formula is C20H27N5O. The molecule has 138 valence electrons. The van der Waals surface area contributed by atoms with Crippen molar-refractivity contribution in [3.63, 3.8) is 0 Å². The molecule has 2 aliphatic heterocycles. The summed E-state index contributed by atoms with van der Waals surface area (Å²) in [4.78, 5) is 21.6. The van der Waals surface area contributed by atoms with Crippen molar-refractivity contribution in [2.45, 2.75) is 38.1 Å². The maximum atomic E-state index is 12.8. The molecule has 2 atom stereocenters. The number of amides is 1. The number of piperidine rings is 2. The molecule has 0 bridgehead atoms. The standard InChI is InChI=1S/C20H27N5O/c1-24(14-15-7-6-12-25-11-5-3-9-19(15)25)20(26)18-13-17(22-23-18)16-8-2-4-10-21-16/h2,4,8,10,13,15,19H,3,5-7,9,11-12,14H2,1H3,(H,22,23)/t15-,19+/m1/s1. The Kier molecular flexibility index (Phi) is 5.02. The van der Waals surface area contributed by atoms with Gasteiger partial charge in [-0.3, -0.25) is 14.9 Å². The Hall–Kier alpha value is -2.21. The van der Waals surface area contributed by atoms with E-state index in [1.165, 1.54) is 45.2 Å². The van der Waals surface area contributed by atoms with E-state index in [2.05, 4.69) is 20.1 Å². The molecule has 4 heterocycles. The van der Waals surface area contributed by atoms with E-state index in [-0.39, 0.29) is 5.91 Å². The molecular weight excluding hydrogens is 326 g/mol. The molecule has 2 aromatic heterocycles. The zero-order chi connectivity index (χ0) is 17.9. The minimum Gasteiger partial charge on any atom is -0.340 e. The summed E-state index contributed by atoms with van der Waals surface area (Å²) in [5.74, 6) is 0.587. The Morgan fingerprint density at radius 1 is 1.23 bits per heavy atom. The summed E-state index contributed by atoms with van der Waals surface area (Å²) in [5.41, 5.74) is 2.01. The third kappa shape index (κ3) is 3.51. The van der Waals surface area contributed by atoms with Crippen molar-refractivity contribution < 1.29 is 4.79 Å². The molecule has 0 unspecified atom stereocenters. The van der Waals surface area contributed by atoms with E-state index in [0.29, 0.717) is 23.3 Å². The maximum Gasteiger partial charge on any atom is 0.271 e. The quantitative estimate of drug-likeness (QED) is 0.918. The summed E-state index contributed by atoms with van der Waals surface area (Å²) in [6.07, 6.45) is 8.13. The van der Waals surface area contributed by atoms with Gasteiger partial charge in [0, 0.05) is 25.8 Å². The van der Waals surface area contributed by atoms with Crippen LogP contribution in [0.25, 0.3) is 11.4 Å². The number of carbonyl (C=O) groups is 1. The van der Waals surface area contributed by atoms with Crippen molar-refractivity contribution in [1.29, 1.82) is 0 Å². The SMILES string of the molecule is CN(C[C@H]1CCCN2CCCC[C@@H]12)C(=O)c1cc(-c2ccccn2)n[nH]1. The highest BCUT2D eigenvalue weighted by molar-refractivity contribution is 5.93. The lowest BCUT2D eigenvalue weighted by Gasteiger charge is -2.45. The predicted molar refractivity (Wildman–Crippen MR) is 101 cm³/mol. The average molecular weight is 353 g/mol. The molecule has 0 aliphatic carbocycles. The van der Waals surface area contributed by atoms with Gasteiger partial charge in [0.15, 0.2) is 0 Å². The van der Waals surface area contributed by atoms with E-state index in [9.17, 15) is 4.79 Å². The molecule has 0 aromatic carbocycles. The highest BCUT2D eigenvalue weighted by Crippen LogP contribution is 2.31. The van der Waals surface area contributed by atoms with Gasteiger partial charge in [0.1, 0.15) is 11.4 Å². The molecule has 2 fully saturated rings. The fraction of sp³-hybridized carbons (Fsp3) is 0.550. The molecule has 26 heavy (non-hydrogen) atoms. The molecule has 2 saturated heterocycles. The van der Waals surface area contributed by atoms with Gasteiger partial charge in [-0.15, -0.1) is 0 Å². The monoisotopic (exact) mass is 353 g/mol. The summed E-state index contributed by atoms with van der Waals surface area (Å²) < 4.78 is 0. The van der Waals surface area contributed by atoms with E-state index >= 15 is 0 Å². The highest BCUT2D eigenvalue weighted by Gasteiger charge is 2.34. The van der Waals surface area contributed by atoms with Crippen molar-refractivity contribution in [3.8, 4) is 11.4 Å². The Bertz CT molecular complexity index is 742. The molecule has 1 amide bonds. The Labute approximate surface area is 154 Å². The molecule has 0 saturated carbocycles. The van der Waals surface area contributed by atoms with Crippen molar-refractivity contribution in [1.82, 2.24) is 25.0 Å². The third-order valence-corrected chi connectivity index (χ3v) is 5.82. The average Bonchev–Trinajstić information content (AvgIpc) is 3.18. The van der Waals surface area contributed by atoms with Crippen LogP contribution in [0.15, 0.2) is 30.5 Å². The normalized spacial score (nSPS) is 23.4. The Balaban J connectivity index is 1.42. The van der Waals surface area contributed by atoms with Gasteiger partial charge >= 0.3 is 0 Å². The minimum absolute atomic E-state index is 0.00705. The van der Waals surface area contributed by atoms with E-state index in [4.69, 9.17) is 0 Å². The summed E-state index contributed by atoms with van der Waals surface area (Å²) in [6, 6.07) is 8.14. The minimum atomic E-state index is 0.00705. The number of aromatic nitrogens is 3. The first-order valence-corrected chi connectivity index (χ1v) is 9.68. The fourth-order valence-corrected chi connectivity index (χ4v) is 4.51. The molecule has 4 rings (SSSR count). The summed E-state index contributed by atoms with van der Waals surface area (Å²) in [7, 11) is 1.91. The number of H-pyrrole nitrogens is 1. The van der Waals surface area contributed by atoms with E-state index < -0.39 is 0 Å². The zero-order valence-corrected chi connectivity index (χ0v) is 15.4. The molecule has 6 heteroatoms. The summed E-state index contributed by atoms with van der Waals surface area (Å²) in [5, 5.41) is 7.15. The first-order valence-electron chi connectivity index (χ1n) is 9.68. The lowest BCUT2D eigenvalue weighted by atomic mass is 9.83. The molecule has 0 radical (unpaired) electrons. The number of hydrogen-bond acceptors (Lipinski definition) is 4. The lowest BCUT2D eigenvalue weighted by Crippen LogP contribution is -2.51. The number of nitrogens with zero attached hydrogens (tertiary/aromatic N) is 4. The number of hydrogen-bond donors (Lipinski definition) is 1. The van der Waals surface area contributed by atoms with Gasteiger partial charge in [0.2, 0.25) is 0 Å². The van der Waals surface area contributed by atoms with E-state index in [1.54, 1.807) is 12.3 Å². The fourth-order valence-electron chi connectivity index (χ4n) is 4.51. The largest absolute Gasteiger partial charge is 0.340 e. The second-order valence-corrected chi connectivity index (χ2v) is 7.57. The summed E-state index contributed by atoms with van der Waals surface area (Å²) >= 11 is 0. The molecule has 1 N–H and O–H groups in total. The van der Waals surface area contributed by atoms with Crippen LogP contribution >= 0.6 is 0 Å². The van der Waals surface area contributed by atoms with Gasteiger partial charge < -0.3 is 9.80 Å². The smallest absolute Gasteiger partial charge is 0.271 e. The number of pyridine rings is 1. The Morgan fingerprint density at radius 2 is 2.12 bits per heavy atom. The van der Waals surface area contributed by atoms with Crippen LogP contribution < -0.4 is 0 Å². The molecule has 2 aliphatic rings. The third-order valence-electron chi connectivity index (χ3n) is 5.82. The van der Waals surface area contributed by atoms with Crippen LogP contribution in [0.4, 0.5) is 0 Å². The summed E-state index contributed by atoms with van der Waals surface area (Å²) in [6.45, 7) is 3.28. The van der Waals surface area contributed by atoms with Crippen molar-refractivity contribution in [3.05, 3.63) is 36.2 Å². The first kappa shape index (κ1) is 17.2. The van der Waals surface area contributed by atoms with Gasteiger partial charge in [0.05, 0.1) is 5.69 Å². The van der Waals surface area contributed by atoms with E-state index in [1.807, 2.05) is 30.1 Å².